The molecule has 0 spiro atoms. The minimum Gasteiger partial charge on any atom is -0.367 e. The molecule has 0 radical (unpaired) electrons. The summed E-state index contributed by atoms with van der Waals surface area (Å²) >= 11 is 0. The Morgan fingerprint density at radius 2 is 1.94 bits per heavy atom. The lowest BCUT2D eigenvalue weighted by molar-refractivity contribution is -0.137. The Labute approximate surface area is 103 Å². The van der Waals surface area contributed by atoms with Crippen molar-refractivity contribution in [1.82, 2.24) is 0 Å². The number of anilines is 1. The van der Waals surface area contributed by atoms with Crippen LogP contribution in [0, 0.1) is 0 Å². The average molecular weight is 257 g/mol. The number of piperidine rings is 1. The number of benzene rings is 1. The Bertz CT molecular complexity index is 456. The third-order valence-corrected chi connectivity index (χ3v) is 3.21. The van der Waals surface area contributed by atoms with Crippen LogP contribution in [-0.2, 0) is 11.0 Å². The molecular weight excluding hydrogens is 243 g/mol. The molecule has 1 aliphatic heterocycles. The first-order valence-corrected chi connectivity index (χ1v) is 5.84. The van der Waals surface area contributed by atoms with E-state index in [-0.39, 0.29) is 17.5 Å². The number of rotatable bonds is 1. The van der Waals surface area contributed by atoms with E-state index in [1.54, 1.807) is 17.9 Å². The summed E-state index contributed by atoms with van der Waals surface area (Å²) in [6.45, 7) is 2.14. The number of nitrogens with zero attached hydrogens (tertiary/aromatic N) is 1. The highest BCUT2D eigenvalue weighted by Crippen LogP contribution is 2.38. The van der Waals surface area contributed by atoms with Crippen LogP contribution < -0.4 is 4.90 Å². The van der Waals surface area contributed by atoms with Gasteiger partial charge in [0.15, 0.2) is 0 Å². The van der Waals surface area contributed by atoms with Crippen LogP contribution in [0.2, 0.25) is 0 Å². The number of para-hydroxylation sites is 1. The molecule has 0 bridgehead atoms. The summed E-state index contributed by atoms with van der Waals surface area (Å²) < 4.78 is 38.7. The van der Waals surface area contributed by atoms with E-state index in [2.05, 4.69) is 0 Å². The molecule has 1 aromatic rings. The lowest BCUT2D eigenvalue weighted by Crippen LogP contribution is -2.42. The van der Waals surface area contributed by atoms with Crippen LogP contribution in [0.1, 0.15) is 25.3 Å². The van der Waals surface area contributed by atoms with Crippen LogP contribution in [0.5, 0.6) is 0 Å². The van der Waals surface area contributed by atoms with Crippen LogP contribution in [0.4, 0.5) is 18.9 Å². The Morgan fingerprint density at radius 1 is 1.28 bits per heavy atom. The molecule has 1 heterocycles. The largest absolute Gasteiger partial charge is 0.418 e. The van der Waals surface area contributed by atoms with Gasteiger partial charge in [-0.15, -0.1) is 0 Å². The topological polar surface area (TPSA) is 20.3 Å². The fraction of sp³-hybridized carbons (Fsp3) is 0.462. The number of halogens is 3. The molecular formula is C13H14F3NO. The average Bonchev–Trinajstić information content (AvgIpc) is 2.28. The van der Waals surface area contributed by atoms with Gasteiger partial charge in [0.05, 0.1) is 5.56 Å². The number of carbonyl (C=O) groups excluding carboxylic acids is 1. The standard InChI is InChI=1S/C13H14F3NO/c1-9-8-10(18)6-7-17(9)12-5-3-2-4-11(12)13(14,15)16/h2-5,9H,6-8H2,1H3. The number of carbonyl (C=O) groups is 1. The monoisotopic (exact) mass is 257 g/mol. The van der Waals surface area contributed by atoms with Gasteiger partial charge in [0.2, 0.25) is 0 Å². The Balaban J connectivity index is 2.36. The van der Waals surface area contributed by atoms with Gasteiger partial charge in [-0.3, -0.25) is 4.79 Å². The van der Waals surface area contributed by atoms with Crippen LogP contribution in [0.25, 0.3) is 0 Å². The van der Waals surface area contributed by atoms with Crippen LogP contribution in [0.15, 0.2) is 24.3 Å². The van der Waals surface area contributed by atoms with Crippen molar-refractivity contribution < 1.29 is 18.0 Å². The molecule has 0 aromatic heterocycles. The van der Waals surface area contributed by atoms with Gasteiger partial charge in [-0.1, -0.05) is 12.1 Å². The molecule has 2 nitrogen and oxygen atoms in total. The first kappa shape index (κ1) is 12.9. The van der Waals surface area contributed by atoms with Gasteiger partial charge in [-0.2, -0.15) is 13.2 Å². The summed E-state index contributed by atoms with van der Waals surface area (Å²) in [5, 5.41) is 0. The van der Waals surface area contributed by atoms with E-state index in [1.807, 2.05) is 0 Å². The molecule has 1 fully saturated rings. The van der Waals surface area contributed by atoms with Crippen LogP contribution in [-0.4, -0.2) is 18.4 Å². The molecule has 1 unspecified atom stereocenters. The second kappa shape index (κ2) is 4.63. The molecule has 1 aromatic carbocycles. The minimum absolute atomic E-state index is 0.114. The maximum absolute atomic E-state index is 12.9. The van der Waals surface area contributed by atoms with Gasteiger partial charge < -0.3 is 4.90 Å². The highest BCUT2D eigenvalue weighted by atomic mass is 19.4. The van der Waals surface area contributed by atoms with Gasteiger partial charge in [0.1, 0.15) is 5.78 Å². The molecule has 18 heavy (non-hydrogen) atoms. The normalized spacial score (nSPS) is 21.2. The smallest absolute Gasteiger partial charge is 0.367 e. The van der Waals surface area contributed by atoms with Gasteiger partial charge in [0.25, 0.3) is 0 Å². The van der Waals surface area contributed by atoms with E-state index in [0.717, 1.165) is 6.07 Å². The van der Waals surface area contributed by atoms with Crippen molar-refractivity contribution in [3.63, 3.8) is 0 Å². The van der Waals surface area contributed by atoms with Gasteiger partial charge in [-0.05, 0) is 19.1 Å². The lowest BCUT2D eigenvalue weighted by Gasteiger charge is -2.36. The first-order valence-electron chi connectivity index (χ1n) is 5.84. The van der Waals surface area contributed by atoms with E-state index in [9.17, 15) is 18.0 Å². The highest BCUT2D eigenvalue weighted by molar-refractivity contribution is 5.82. The van der Waals surface area contributed by atoms with Crippen molar-refractivity contribution in [3.8, 4) is 0 Å². The number of hydrogen-bond acceptors (Lipinski definition) is 2. The van der Waals surface area contributed by atoms with E-state index in [1.165, 1.54) is 12.1 Å². The molecule has 2 rings (SSSR count). The maximum atomic E-state index is 12.9. The summed E-state index contributed by atoms with van der Waals surface area (Å²) in [5.41, 5.74) is -0.462. The highest BCUT2D eigenvalue weighted by Gasteiger charge is 2.36. The lowest BCUT2D eigenvalue weighted by atomic mass is 10.00. The zero-order valence-electron chi connectivity index (χ0n) is 10.00. The molecule has 0 amide bonds. The first-order chi connectivity index (χ1) is 8.39. The molecule has 1 aliphatic rings. The predicted molar refractivity (Wildman–Crippen MR) is 62.5 cm³/mol. The summed E-state index contributed by atoms with van der Waals surface area (Å²) in [5.74, 6) is 0.114. The molecule has 0 saturated carbocycles. The maximum Gasteiger partial charge on any atom is 0.418 e. The van der Waals surface area contributed by atoms with Gasteiger partial charge in [0, 0.05) is 31.1 Å². The second-order valence-electron chi connectivity index (χ2n) is 4.55. The minimum atomic E-state index is -4.36. The summed E-state index contributed by atoms with van der Waals surface area (Å²) in [7, 11) is 0. The SMILES string of the molecule is CC1CC(=O)CCN1c1ccccc1C(F)(F)F. The van der Waals surface area contributed by atoms with Crippen molar-refractivity contribution >= 4 is 11.5 Å². The van der Waals surface area contributed by atoms with E-state index in [4.69, 9.17) is 0 Å². The molecule has 5 heteroatoms. The van der Waals surface area contributed by atoms with Crippen LogP contribution in [0.3, 0.4) is 0 Å². The molecule has 1 saturated heterocycles. The Morgan fingerprint density at radius 3 is 2.56 bits per heavy atom. The fourth-order valence-electron chi connectivity index (χ4n) is 2.33. The third kappa shape index (κ3) is 2.49. The van der Waals surface area contributed by atoms with Crippen molar-refractivity contribution in [2.45, 2.75) is 32.0 Å². The zero-order valence-corrected chi connectivity index (χ0v) is 10.00. The van der Waals surface area contributed by atoms with Crippen molar-refractivity contribution in [2.75, 3.05) is 11.4 Å². The fourth-order valence-corrected chi connectivity index (χ4v) is 2.33. The zero-order chi connectivity index (χ0) is 13.3. The van der Waals surface area contributed by atoms with Gasteiger partial charge >= 0.3 is 6.18 Å². The number of hydrogen-bond donors (Lipinski definition) is 0. The number of alkyl halides is 3. The molecule has 98 valence electrons. The number of Topliss-reactive ketones (excluding diaryl/α,β-unsaturated/α-hetero) is 1. The third-order valence-electron chi connectivity index (χ3n) is 3.21. The van der Waals surface area contributed by atoms with E-state index in [0.29, 0.717) is 19.4 Å². The van der Waals surface area contributed by atoms with Crippen molar-refractivity contribution in [1.29, 1.82) is 0 Å². The summed E-state index contributed by atoms with van der Waals surface area (Å²) in [6.07, 6.45) is -3.74. The predicted octanol–water partition coefficient (Wildman–Crippen LogP) is 3.26. The quantitative estimate of drug-likeness (QED) is 0.769. The molecule has 1 atom stereocenters. The van der Waals surface area contributed by atoms with E-state index >= 15 is 0 Å². The second-order valence-corrected chi connectivity index (χ2v) is 4.55. The van der Waals surface area contributed by atoms with Gasteiger partial charge in [-0.25, -0.2) is 0 Å². The number of ketones is 1. The summed E-state index contributed by atoms with van der Waals surface area (Å²) in [6, 6.07) is 5.34. The molecule has 0 N–H and O–H groups in total. The molecule has 0 aliphatic carbocycles. The van der Waals surface area contributed by atoms with Crippen molar-refractivity contribution in [2.24, 2.45) is 0 Å². The Hall–Kier alpha value is -1.52. The van der Waals surface area contributed by atoms with E-state index < -0.39 is 11.7 Å². The van der Waals surface area contributed by atoms with Crippen molar-refractivity contribution in [3.05, 3.63) is 29.8 Å². The Kier molecular flexibility index (Phi) is 3.32. The van der Waals surface area contributed by atoms with Crippen LogP contribution >= 0.6 is 0 Å². The summed E-state index contributed by atoms with van der Waals surface area (Å²) in [4.78, 5) is 13.0.